The van der Waals surface area contributed by atoms with E-state index in [9.17, 15) is 9.59 Å². The Kier molecular flexibility index (Phi) is 4.76. The fourth-order valence-corrected chi connectivity index (χ4v) is 3.50. The Labute approximate surface area is 128 Å². The van der Waals surface area contributed by atoms with Crippen LogP contribution < -0.4 is 0 Å². The average molecular weight is 295 g/mol. The smallest absolute Gasteiger partial charge is 0.233 e. The highest BCUT2D eigenvalue weighted by atomic mass is 16.5. The molecule has 4 heteroatoms. The Morgan fingerprint density at radius 1 is 1.10 bits per heavy atom. The van der Waals surface area contributed by atoms with Crippen LogP contribution in [0.15, 0.2) is 0 Å². The van der Waals surface area contributed by atoms with Gasteiger partial charge >= 0.3 is 0 Å². The molecule has 2 amide bonds. The van der Waals surface area contributed by atoms with Crippen LogP contribution >= 0.6 is 0 Å². The molecule has 0 bridgehead atoms. The molecule has 120 valence electrons. The second kappa shape index (κ2) is 6.07. The summed E-state index contributed by atoms with van der Waals surface area (Å²) in [5.74, 6) is 0.210. The zero-order valence-electron chi connectivity index (χ0n) is 14.0. The first-order valence-corrected chi connectivity index (χ1v) is 8.22. The first-order chi connectivity index (χ1) is 9.69. The molecular weight excluding hydrogens is 266 g/mol. The molecule has 4 nitrogen and oxygen atoms in total. The number of nitrogens with zero attached hydrogens (tertiary/aromatic N) is 1. The van der Waals surface area contributed by atoms with Crippen LogP contribution in [0.1, 0.15) is 66.7 Å². The number of rotatable bonds is 3. The van der Waals surface area contributed by atoms with Gasteiger partial charge in [0.15, 0.2) is 0 Å². The Balaban J connectivity index is 1.93. The van der Waals surface area contributed by atoms with Crippen molar-refractivity contribution in [1.29, 1.82) is 0 Å². The monoisotopic (exact) mass is 295 g/mol. The summed E-state index contributed by atoms with van der Waals surface area (Å²) in [6, 6.07) is 0.0913. The number of hydrogen-bond donors (Lipinski definition) is 0. The molecule has 0 aromatic rings. The molecule has 21 heavy (non-hydrogen) atoms. The summed E-state index contributed by atoms with van der Waals surface area (Å²) in [6.45, 7) is 10.3. The summed E-state index contributed by atoms with van der Waals surface area (Å²) in [4.78, 5) is 26.2. The van der Waals surface area contributed by atoms with Crippen LogP contribution in [0.4, 0.5) is 0 Å². The van der Waals surface area contributed by atoms with Gasteiger partial charge in [0.2, 0.25) is 11.8 Å². The van der Waals surface area contributed by atoms with E-state index in [2.05, 4.69) is 20.8 Å². The molecule has 0 aromatic heterocycles. The molecule has 1 aliphatic carbocycles. The number of ether oxygens (including phenoxy) is 1. The minimum Gasteiger partial charge on any atom is -0.373 e. The zero-order valence-corrected chi connectivity index (χ0v) is 14.0. The van der Waals surface area contributed by atoms with Crippen molar-refractivity contribution in [3.8, 4) is 0 Å². The molecule has 2 fully saturated rings. The van der Waals surface area contributed by atoms with Gasteiger partial charge in [0, 0.05) is 18.4 Å². The second-order valence-corrected chi connectivity index (χ2v) is 7.82. The largest absolute Gasteiger partial charge is 0.373 e. The SMILES string of the molecule is CC(C)C1CC(=O)N(C2CCC(OC(C)(C)C)CC2)C1=O. The molecule has 0 spiro atoms. The van der Waals surface area contributed by atoms with Gasteiger partial charge in [0.25, 0.3) is 0 Å². The molecule has 1 saturated heterocycles. The van der Waals surface area contributed by atoms with Crippen molar-refractivity contribution in [2.75, 3.05) is 0 Å². The highest BCUT2D eigenvalue weighted by Crippen LogP contribution is 2.34. The Hall–Kier alpha value is -0.900. The van der Waals surface area contributed by atoms with Crippen molar-refractivity contribution in [3.63, 3.8) is 0 Å². The molecule has 1 heterocycles. The summed E-state index contributed by atoms with van der Waals surface area (Å²) in [7, 11) is 0. The highest BCUT2D eigenvalue weighted by molar-refractivity contribution is 6.04. The highest BCUT2D eigenvalue weighted by Gasteiger charge is 2.44. The lowest BCUT2D eigenvalue weighted by molar-refractivity contribution is -0.145. The topological polar surface area (TPSA) is 46.6 Å². The minimum atomic E-state index is -0.125. The maximum absolute atomic E-state index is 12.4. The van der Waals surface area contributed by atoms with E-state index in [1.165, 1.54) is 0 Å². The molecule has 2 rings (SSSR count). The van der Waals surface area contributed by atoms with Gasteiger partial charge in [-0.25, -0.2) is 0 Å². The van der Waals surface area contributed by atoms with Crippen molar-refractivity contribution in [2.45, 2.75) is 84.5 Å². The van der Waals surface area contributed by atoms with Crippen LogP contribution in [0, 0.1) is 11.8 Å². The Morgan fingerprint density at radius 2 is 1.67 bits per heavy atom. The van der Waals surface area contributed by atoms with Crippen LogP contribution in [0.5, 0.6) is 0 Å². The van der Waals surface area contributed by atoms with E-state index < -0.39 is 0 Å². The molecule has 2 aliphatic rings. The number of imide groups is 1. The number of amides is 2. The average Bonchev–Trinajstić information content (AvgIpc) is 2.64. The summed E-state index contributed by atoms with van der Waals surface area (Å²) in [6.07, 6.45) is 4.28. The predicted molar refractivity (Wildman–Crippen MR) is 81.7 cm³/mol. The first-order valence-electron chi connectivity index (χ1n) is 8.22. The molecule has 1 saturated carbocycles. The third-order valence-electron chi connectivity index (χ3n) is 4.55. The van der Waals surface area contributed by atoms with Gasteiger partial charge in [-0.05, 0) is 52.4 Å². The van der Waals surface area contributed by atoms with Gasteiger partial charge < -0.3 is 4.74 Å². The minimum absolute atomic E-state index is 0.0267. The van der Waals surface area contributed by atoms with Crippen LogP contribution in [0.3, 0.4) is 0 Å². The maximum Gasteiger partial charge on any atom is 0.233 e. The van der Waals surface area contributed by atoms with Crippen LogP contribution in [-0.4, -0.2) is 34.5 Å². The predicted octanol–water partition coefficient (Wildman–Crippen LogP) is 3.14. The number of hydrogen-bond acceptors (Lipinski definition) is 3. The van der Waals surface area contributed by atoms with Gasteiger partial charge in [-0.15, -0.1) is 0 Å². The van der Waals surface area contributed by atoms with E-state index in [1.807, 2.05) is 13.8 Å². The van der Waals surface area contributed by atoms with Gasteiger partial charge in [-0.1, -0.05) is 13.8 Å². The number of carbonyl (C=O) groups excluding carboxylic acids is 2. The summed E-state index contributed by atoms with van der Waals surface area (Å²) < 4.78 is 6.01. The quantitative estimate of drug-likeness (QED) is 0.751. The van der Waals surface area contributed by atoms with Crippen molar-refractivity contribution in [1.82, 2.24) is 4.90 Å². The third-order valence-corrected chi connectivity index (χ3v) is 4.55. The normalized spacial score (nSPS) is 31.3. The molecule has 0 aromatic carbocycles. The van der Waals surface area contributed by atoms with E-state index >= 15 is 0 Å². The molecule has 1 atom stereocenters. The van der Waals surface area contributed by atoms with Gasteiger partial charge in [0.05, 0.1) is 11.7 Å². The van der Waals surface area contributed by atoms with Gasteiger partial charge in [0.1, 0.15) is 0 Å². The molecule has 0 radical (unpaired) electrons. The second-order valence-electron chi connectivity index (χ2n) is 7.82. The summed E-state index contributed by atoms with van der Waals surface area (Å²) in [5.41, 5.74) is -0.125. The van der Waals surface area contributed by atoms with Crippen molar-refractivity contribution in [3.05, 3.63) is 0 Å². The third kappa shape index (κ3) is 3.85. The molecule has 1 unspecified atom stereocenters. The Bertz CT molecular complexity index is 403. The molecular formula is C17H29NO3. The van der Waals surface area contributed by atoms with E-state index in [-0.39, 0.29) is 41.4 Å². The number of carbonyl (C=O) groups is 2. The lowest BCUT2D eigenvalue weighted by Gasteiger charge is -2.36. The van der Waals surface area contributed by atoms with Crippen molar-refractivity contribution >= 4 is 11.8 Å². The van der Waals surface area contributed by atoms with E-state index in [1.54, 1.807) is 4.90 Å². The fourth-order valence-electron chi connectivity index (χ4n) is 3.50. The maximum atomic E-state index is 12.4. The lowest BCUT2D eigenvalue weighted by atomic mass is 9.91. The number of likely N-dealkylation sites (tertiary alicyclic amines) is 1. The van der Waals surface area contributed by atoms with Gasteiger partial charge in [-0.2, -0.15) is 0 Å². The zero-order chi connectivity index (χ0) is 15.8. The standard InChI is InChI=1S/C17H29NO3/c1-11(2)14-10-15(19)18(16(14)20)12-6-8-13(9-7-12)21-17(3,4)5/h11-14H,6-10H2,1-5H3. The summed E-state index contributed by atoms with van der Waals surface area (Å²) in [5, 5.41) is 0. The van der Waals surface area contributed by atoms with Crippen LogP contribution in [0.2, 0.25) is 0 Å². The van der Waals surface area contributed by atoms with E-state index in [0.29, 0.717) is 6.42 Å². The Morgan fingerprint density at radius 3 is 2.10 bits per heavy atom. The van der Waals surface area contributed by atoms with Gasteiger partial charge in [-0.3, -0.25) is 14.5 Å². The lowest BCUT2D eigenvalue weighted by Crippen LogP contribution is -2.44. The fraction of sp³-hybridized carbons (Fsp3) is 0.882. The van der Waals surface area contributed by atoms with E-state index in [4.69, 9.17) is 4.74 Å². The molecule has 1 aliphatic heterocycles. The first kappa shape index (κ1) is 16.5. The van der Waals surface area contributed by atoms with E-state index in [0.717, 1.165) is 25.7 Å². The van der Waals surface area contributed by atoms with Crippen molar-refractivity contribution in [2.24, 2.45) is 11.8 Å². The van der Waals surface area contributed by atoms with Crippen molar-refractivity contribution < 1.29 is 14.3 Å². The van der Waals surface area contributed by atoms with Crippen LogP contribution in [0.25, 0.3) is 0 Å². The molecule has 0 N–H and O–H groups in total. The van der Waals surface area contributed by atoms with Crippen LogP contribution in [-0.2, 0) is 14.3 Å². The summed E-state index contributed by atoms with van der Waals surface area (Å²) >= 11 is 0.